The van der Waals surface area contributed by atoms with E-state index in [0.717, 1.165) is 24.3 Å². The molecular weight excluding hydrogens is 243 g/mol. The van der Waals surface area contributed by atoms with Crippen LogP contribution in [0.4, 0.5) is 10.2 Å². The second kappa shape index (κ2) is 5.35. The molecule has 1 atom stereocenters. The minimum atomic E-state index is -1.27. The molecule has 0 saturated carbocycles. The number of thioether (sulfide) groups is 1. The molecule has 92 valence electrons. The Balaban J connectivity index is 2.15. The number of nitrogens with zero attached hydrogens (tertiary/aromatic N) is 1. The van der Waals surface area contributed by atoms with E-state index in [-0.39, 0.29) is 17.4 Å². The van der Waals surface area contributed by atoms with Gasteiger partial charge in [-0.3, -0.25) is 0 Å². The number of pyridine rings is 1. The van der Waals surface area contributed by atoms with Crippen LogP contribution in [0.3, 0.4) is 0 Å². The molecule has 2 N–H and O–H groups in total. The molecule has 1 aromatic rings. The van der Waals surface area contributed by atoms with Gasteiger partial charge in [0, 0.05) is 18.0 Å². The average molecular weight is 256 g/mol. The average Bonchev–Trinajstić information content (AvgIpc) is 2.33. The van der Waals surface area contributed by atoms with E-state index in [1.54, 1.807) is 0 Å². The van der Waals surface area contributed by atoms with Gasteiger partial charge in [-0.05, 0) is 24.7 Å². The Labute approximate surface area is 103 Å². The van der Waals surface area contributed by atoms with Crippen LogP contribution < -0.4 is 5.32 Å². The van der Waals surface area contributed by atoms with Crippen molar-refractivity contribution in [3.63, 3.8) is 0 Å². The van der Waals surface area contributed by atoms with E-state index in [9.17, 15) is 9.18 Å². The summed E-state index contributed by atoms with van der Waals surface area (Å²) in [5, 5.41) is 11.8. The molecule has 0 aliphatic carbocycles. The van der Waals surface area contributed by atoms with Gasteiger partial charge >= 0.3 is 5.97 Å². The van der Waals surface area contributed by atoms with Gasteiger partial charge in [0.15, 0.2) is 11.6 Å². The van der Waals surface area contributed by atoms with Crippen LogP contribution >= 0.6 is 11.8 Å². The molecule has 6 heteroatoms. The highest BCUT2D eigenvalue weighted by Gasteiger charge is 2.19. The summed E-state index contributed by atoms with van der Waals surface area (Å²) in [5.74, 6) is 0.0146. The lowest BCUT2D eigenvalue weighted by Crippen LogP contribution is -2.27. The predicted octanol–water partition coefficient (Wildman–Crippen LogP) is 2.23. The molecule has 1 unspecified atom stereocenters. The number of nitrogens with one attached hydrogen (secondary N) is 1. The molecule has 1 aromatic heterocycles. The van der Waals surface area contributed by atoms with Gasteiger partial charge < -0.3 is 10.4 Å². The zero-order valence-electron chi connectivity index (χ0n) is 9.15. The molecule has 17 heavy (non-hydrogen) atoms. The Kier molecular flexibility index (Phi) is 3.83. The highest BCUT2D eigenvalue weighted by atomic mass is 32.2. The number of rotatable bonds is 3. The predicted molar refractivity (Wildman–Crippen MR) is 65.1 cm³/mol. The summed E-state index contributed by atoms with van der Waals surface area (Å²) in [5.41, 5.74) is -0.342. The van der Waals surface area contributed by atoms with Gasteiger partial charge in [-0.2, -0.15) is 11.8 Å². The molecule has 2 rings (SSSR count). The van der Waals surface area contributed by atoms with Gasteiger partial charge in [0.05, 0.1) is 0 Å². The van der Waals surface area contributed by atoms with Crippen molar-refractivity contribution in [1.82, 2.24) is 4.98 Å². The number of aromatic carboxylic acids is 1. The molecular formula is C11H13FN2O2S. The minimum absolute atomic E-state index is 0.0393. The first-order valence-corrected chi connectivity index (χ1v) is 6.56. The maximum atomic E-state index is 13.8. The van der Waals surface area contributed by atoms with Gasteiger partial charge in [-0.25, -0.2) is 14.2 Å². The lowest BCUT2D eigenvalue weighted by Gasteiger charge is -2.23. The van der Waals surface area contributed by atoms with Crippen LogP contribution in [-0.2, 0) is 0 Å². The van der Waals surface area contributed by atoms with E-state index < -0.39 is 11.8 Å². The molecule has 0 aromatic carbocycles. The van der Waals surface area contributed by atoms with Crippen molar-refractivity contribution in [2.24, 2.45) is 0 Å². The Hall–Kier alpha value is -1.30. The molecule has 0 spiro atoms. The SMILES string of the molecule is O=C(O)c1ccnc(NC2CCCSC2)c1F. The Bertz CT molecular complexity index is 422. The third-order valence-electron chi connectivity index (χ3n) is 2.62. The second-order valence-electron chi connectivity index (χ2n) is 3.88. The van der Waals surface area contributed by atoms with E-state index in [2.05, 4.69) is 10.3 Å². The van der Waals surface area contributed by atoms with Crippen LogP contribution in [0, 0.1) is 5.82 Å². The summed E-state index contributed by atoms with van der Waals surface area (Å²) in [6.45, 7) is 0. The third-order valence-corrected chi connectivity index (χ3v) is 3.84. The van der Waals surface area contributed by atoms with E-state index >= 15 is 0 Å². The van der Waals surface area contributed by atoms with Crippen molar-refractivity contribution in [2.75, 3.05) is 16.8 Å². The molecule has 0 amide bonds. The van der Waals surface area contributed by atoms with Crippen LogP contribution in [0.5, 0.6) is 0 Å². The maximum absolute atomic E-state index is 13.8. The molecule has 0 bridgehead atoms. The van der Waals surface area contributed by atoms with E-state index in [0.29, 0.717) is 0 Å². The third kappa shape index (κ3) is 2.88. The Morgan fingerprint density at radius 3 is 3.12 bits per heavy atom. The first-order valence-electron chi connectivity index (χ1n) is 5.40. The van der Waals surface area contributed by atoms with Crippen LogP contribution in [-0.4, -0.2) is 33.6 Å². The number of hydrogen-bond donors (Lipinski definition) is 2. The maximum Gasteiger partial charge on any atom is 0.338 e. The fraction of sp³-hybridized carbons (Fsp3) is 0.455. The molecule has 2 heterocycles. The molecule has 1 aliphatic rings. The molecule has 1 fully saturated rings. The number of hydrogen-bond acceptors (Lipinski definition) is 4. The monoisotopic (exact) mass is 256 g/mol. The summed E-state index contributed by atoms with van der Waals surface area (Å²) < 4.78 is 13.8. The number of aromatic nitrogens is 1. The quantitative estimate of drug-likeness (QED) is 0.868. The van der Waals surface area contributed by atoms with Crippen molar-refractivity contribution in [1.29, 1.82) is 0 Å². The largest absolute Gasteiger partial charge is 0.478 e. The highest BCUT2D eigenvalue weighted by Crippen LogP contribution is 2.22. The van der Waals surface area contributed by atoms with Crippen molar-refractivity contribution < 1.29 is 14.3 Å². The van der Waals surface area contributed by atoms with E-state index in [1.807, 2.05) is 11.8 Å². The normalized spacial score (nSPS) is 19.9. The van der Waals surface area contributed by atoms with Crippen molar-refractivity contribution >= 4 is 23.5 Å². The second-order valence-corrected chi connectivity index (χ2v) is 5.03. The Morgan fingerprint density at radius 1 is 1.65 bits per heavy atom. The number of carboxylic acids is 1. The summed E-state index contributed by atoms with van der Waals surface area (Å²) in [7, 11) is 0. The summed E-state index contributed by atoms with van der Waals surface area (Å²) in [6.07, 6.45) is 3.36. The van der Waals surface area contributed by atoms with E-state index in [4.69, 9.17) is 5.11 Å². The highest BCUT2D eigenvalue weighted by molar-refractivity contribution is 7.99. The first kappa shape index (κ1) is 12.2. The number of halogens is 1. The van der Waals surface area contributed by atoms with Gasteiger partial charge in [0.2, 0.25) is 0 Å². The smallest absolute Gasteiger partial charge is 0.338 e. The lowest BCUT2D eigenvalue weighted by atomic mass is 10.2. The van der Waals surface area contributed by atoms with Crippen LogP contribution in [0.1, 0.15) is 23.2 Å². The zero-order valence-corrected chi connectivity index (χ0v) is 9.97. The summed E-state index contributed by atoms with van der Waals surface area (Å²) in [4.78, 5) is 14.6. The van der Waals surface area contributed by atoms with Gasteiger partial charge in [0.25, 0.3) is 0 Å². The molecule has 0 radical (unpaired) electrons. The summed E-state index contributed by atoms with van der Waals surface area (Å²) >= 11 is 1.81. The van der Waals surface area contributed by atoms with Crippen molar-refractivity contribution in [2.45, 2.75) is 18.9 Å². The number of carbonyl (C=O) groups is 1. The Morgan fingerprint density at radius 2 is 2.47 bits per heavy atom. The fourth-order valence-corrected chi connectivity index (χ4v) is 2.83. The van der Waals surface area contributed by atoms with Crippen LogP contribution in [0.25, 0.3) is 0 Å². The van der Waals surface area contributed by atoms with Crippen molar-refractivity contribution in [3.05, 3.63) is 23.6 Å². The van der Waals surface area contributed by atoms with Crippen molar-refractivity contribution in [3.8, 4) is 0 Å². The lowest BCUT2D eigenvalue weighted by molar-refractivity contribution is 0.0692. The zero-order chi connectivity index (χ0) is 12.3. The summed E-state index contributed by atoms with van der Waals surface area (Å²) in [6, 6.07) is 1.33. The van der Waals surface area contributed by atoms with Gasteiger partial charge in [-0.15, -0.1) is 0 Å². The first-order chi connectivity index (χ1) is 8.18. The number of carboxylic acid groups (broad SMARTS) is 1. The van der Waals surface area contributed by atoms with E-state index in [1.165, 1.54) is 12.3 Å². The van der Waals surface area contributed by atoms with Gasteiger partial charge in [-0.1, -0.05) is 0 Å². The topological polar surface area (TPSA) is 62.2 Å². The standard InChI is InChI=1S/C11H13FN2O2S/c12-9-8(11(15)16)3-4-13-10(9)14-7-2-1-5-17-6-7/h3-4,7H,1-2,5-6H2,(H,13,14)(H,15,16). The molecule has 1 saturated heterocycles. The number of anilines is 1. The molecule has 4 nitrogen and oxygen atoms in total. The molecule has 1 aliphatic heterocycles. The van der Waals surface area contributed by atoms with Crippen LogP contribution in [0.15, 0.2) is 12.3 Å². The van der Waals surface area contributed by atoms with Gasteiger partial charge in [0.1, 0.15) is 5.56 Å². The minimum Gasteiger partial charge on any atom is -0.478 e. The fourth-order valence-electron chi connectivity index (χ4n) is 1.76. The van der Waals surface area contributed by atoms with Crippen LogP contribution in [0.2, 0.25) is 0 Å².